The molecule has 0 unspecified atom stereocenters. The quantitative estimate of drug-likeness (QED) is 0.353. The minimum absolute atomic E-state index is 0.0694. The molecule has 5 nitrogen and oxygen atoms in total. The highest BCUT2D eigenvalue weighted by Gasteiger charge is 2.26. The number of carbonyl (C=O) groups excluding carboxylic acids is 1. The van der Waals surface area contributed by atoms with Crippen LogP contribution in [0.2, 0.25) is 10.0 Å². The van der Waals surface area contributed by atoms with Gasteiger partial charge in [-0.2, -0.15) is 0 Å². The topological polar surface area (TPSA) is 51.0 Å². The summed E-state index contributed by atoms with van der Waals surface area (Å²) in [6.45, 7) is 2.88. The van der Waals surface area contributed by atoms with E-state index in [-0.39, 0.29) is 10.6 Å². The molecule has 1 amide bonds. The van der Waals surface area contributed by atoms with Gasteiger partial charge in [-0.25, -0.2) is 14.4 Å². The lowest BCUT2D eigenvalue weighted by Gasteiger charge is -2.21. The molecule has 2 aromatic heterocycles. The highest BCUT2D eigenvalue weighted by Crippen LogP contribution is 2.35. The highest BCUT2D eigenvalue weighted by atomic mass is 35.5. The van der Waals surface area contributed by atoms with Gasteiger partial charge in [0.1, 0.15) is 5.82 Å². The predicted octanol–water partition coefficient (Wildman–Crippen LogP) is 5.98. The summed E-state index contributed by atoms with van der Waals surface area (Å²) in [6, 6.07) is 7.88. The van der Waals surface area contributed by atoms with Crippen molar-refractivity contribution in [2.45, 2.75) is 19.9 Å². The highest BCUT2D eigenvalue weighted by molar-refractivity contribution is 7.22. The number of hydrogen-bond donors (Lipinski definition) is 0. The third-order valence-corrected chi connectivity index (χ3v) is 6.51. The molecule has 154 valence electrons. The van der Waals surface area contributed by atoms with Crippen molar-refractivity contribution in [3.05, 3.63) is 76.0 Å². The second-order valence-corrected chi connectivity index (χ2v) is 8.55. The molecule has 0 aliphatic carbocycles. The third-order valence-electron chi connectivity index (χ3n) is 4.75. The number of halogens is 3. The van der Waals surface area contributed by atoms with Gasteiger partial charge in [0.15, 0.2) is 5.13 Å². The molecule has 0 N–H and O–H groups in total. The summed E-state index contributed by atoms with van der Waals surface area (Å²) in [7, 11) is 0. The van der Waals surface area contributed by atoms with E-state index in [1.807, 2.05) is 23.8 Å². The van der Waals surface area contributed by atoms with Crippen LogP contribution in [0.15, 0.2) is 49.1 Å². The first-order valence-electron chi connectivity index (χ1n) is 9.23. The van der Waals surface area contributed by atoms with E-state index in [1.165, 1.54) is 34.4 Å². The van der Waals surface area contributed by atoms with Crippen molar-refractivity contribution in [2.24, 2.45) is 0 Å². The zero-order valence-corrected chi connectivity index (χ0v) is 18.3. The van der Waals surface area contributed by atoms with E-state index in [0.29, 0.717) is 29.7 Å². The lowest BCUT2D eigenvalue weighted by atomic mass is 10.2. The first-order valence-corrected chi connectivity index (χ1v) is 10.8. The molecule has 0 spiro atoms. The number of aromatic nitrogens is 3. The van der Waals surface area contributed by atoms with E-state index in [9.17, 15) is 9.18 Å². The standard InChI is InChI=1S/C21H17Cl2FN4OS/c1-13-14(22)6-7-17-19(13)26-21(30-17)28(10-3-9-27-11-8-25-12-27)20(29)18-15(23)4-2-5-16(18)24/h2,4-8,11-12H,3,9-10H2,1H3. The molecule has 0 bridgehead atoms. The van der Waals surface area contributed by atoms with Gasteiger partial charge in [-0.15, -0.1) is 0 Å². The van der Waals surface area contributed by atoms with Crippen LogP contribution in [-0.2, 0) is 6.54 Å². The van der Waals surface area contributed by atoms with Crippen molar-refractivity contribution in [3.63, 3.8) is 0 Å². The lowest BCUT2D eigenvalue weighted by molar-refractivity contribution is 0.0982. The smallest absolute Gasteiger partial charge is 0.264 e. The summed E-state index contributed by atoms with van der Waals surface area (Å²) in [5, 5.41) is 1.15. The van der Waals surface area contributed by atoms with Crippen molar-refractivity contribution in [1.82, 2.24) is 14.5 Å². The first-order chi connectivity index (χ1) is 14.5. The van der Waals surface area contributed by atoms with E-state index < -0.39 is 11.7 Å². The van der Waals surface area contributed by atoms with E-state index in [4.69, 9.17) is 23.2 Å². The van der Waals surface area contributed by atoms with Gasteiger partial charge in [0.05, 0.1) is 27.1 Å². The van der Waals surface area contributed by atoms with Crippen LogP contribution in [0.1, 0.15) is 22.3 Å². The number of hydrogen-bond acceptors (Lipinski definition) is 4. The second-order valence-electron chi connectivity index (χ2n) is 6.72. The summed E-state index contributed by atoms with van der Waals surface area (Å²) in [5.74, 6) is -1.18. The van der Waals surface area contributed by atoms with Crippen LogP contribution in [-0.4, -0.2) is 27.0 Å². The summed E-state index contributed by atoms with van der Waals surface area (Å²) in [6.07, 6.45) is 5.89. The van der Waals surface area contributed by atoms with Crippen molar-refractivity contribution in [2.75, 3.05) is 11.4 Å². The zero-order valence-electron chi connectivity index (χ0n) is 16.0. The summed E-state index contributed by atoms with van der Waals surface area (Å²) in [4.78, 5) is 23.5. The zero-order chi connectivity index (χ0) is 21.3. The molecule has 0 fully saturated rings. The monoisotopic (exact) mass is 462 g/mol. The van der Waals surface area contributed by atoms with Crippen LogP contribution < -0.4 is 4.90 Å². The van der Waals surface area contributed by atoms with Crippen molar-refractivity contribution < 1.29 is 9.18 Å². The van der Waals surface area contributed by atoms with E-state index >= 15 is 0 Å². The number of thiazole rings is 1. The minimum Gasteiger partial charge on any atom is -0.337 e. The Morgan fingerprint density at radius 3 is 2.80 bits per heavy atom. The van der Waals surface area contributed by atoms with Gasteiger partial charge < -0.3 is 4.57 Å². The van der Waals surface area contributed by atoms with Crippen LogP contribution >= 0.6 is 34.5 Å². The molecule has 2 heterocycles. The molecule has 0 saturated carbocycles. The molecule has 0 radical (unpaired) electrons. The maximum absolute atomic E-state index is 14.5. The fourth-order valence-corrected chi connectivity index (χ4v) is 4.60. The molecular formula is C21H17Cl2FN4OS. The first kappa shape index (κ1) is 20.8. The number of aryl methyl sites for hydroxylation is 2. The van der Waals surface area contributed by atoms with Crippen LogP contribution in [0.25, 0.3) is 10.2 Å². The fraction of sp³-hybridized carbons (Fsp3) is 0.190. The van der Waals surface area contributed by atoms with Crippen molar-refractivity contribution in [1.29, 1.82) is 0 Å². The molecule has 2 aromatic carbocycles. The number of rotatable bonds is 6. The number of amides is 1. The molecule has 9 heteroatoms. The molecular weight excluding hydrogens is 446 g/mol. The van der Waals surface area contributed by atoms with Crippen LogP contribution in [0.3, 0.4) is 0 Å². The molecule has 0 atom stereocenters. The largest absolute Gasteiger partial charge is 0.337 e. The normalized spacial score (nSPS) is 11.2. The average molecular weight is 463 g/mol. The van der Waals surface area contributed by atoms with E-state index in [2.05, 4.69) is 9.97 Å². The van der Waals surface area contributed by atoms with Crippen molar-refractivity contribution >= 4 is 55.8 Å². The Bertz CT molecular complexity index is 1190. The number of imidazole rings is 1. The fourth-order valence-electron chi connectivity index (χ4n) is 3.16. The van der Waals surface area contributed by atoms with Crippen LogP contribution in [0.4, 0.5) is 9.52 Å². The number of anilines is 1. The molecule has 4 rings (SSSR count). The summed E-state index contributed by atoms with van der Waals surface area (Å²) in [5.41, 5.74) is 1.41. The van der Waals surface area contributed by atoms with Crippen LogP contribution in [0, 0.1) is 12.7 Å². The maximum atomic E-state index is 14.5. The molecule has 30 heavy (non-hydrogen) atoms. The Morgan fingerprint density at radius 2 is 2.07 bits per heavy atom. The van der Waals surface area contributed by atoms with Gasteiger partial charge in [0, 0.05) is 30.5 Å². The lowest BCUT2D eigenvalue weighted by Crippen LogP contribution is -2.33. The van der Waals surface area contributed by atoms with E-state index in [0.717, 1.165) is 15.8 Å². The van der Waals surface area contributed by atoms with Crippen molar-refractivity contribution in [3.8, 4) is 0 Å². The average Bonchev–Trinajstić information content (AvgIpc) is 3.38. The Morgan fingerprint density at radius 1 is 1.23 bits per heavy atom. The number of nitrogens with zero attached hydrogens (tertiary/aromatic N) is 4. The molecule has 4 aromatic rings. The third kappa shape index (κ3) is 4.05. The number of benzene rings is 2. The Kier molecular flexibility index (Phi) is 6.04. The van der Waals surface area contributed by atoms with Gasteiger partial charge in [-0.3, -0.25) is 9.69 Å². The van der Waals surface area contributed by atoms with Gasteiger partial charge in [0.2, 0.25) is 0 Å². The van der Waals surface area contributed by atoms with Gasteiger partial charge in [-0.05, 0) is 43.2 Å². The van der Waals surface area contributed by atoms with Gasteiger partial charge in [-0.1, -0.05) is 40.6 Å². The van der Waals surface area contributed by atoms with Gasteiger partial charge in [0.25, 0.3) is 5.91 Å². The minimum atomic E-state index is -0.660. The van der Waals surface area contributed by atoms with E-state index in [1.54, 1.807) is 18.6 Å². The summed E-state index contributed by atoms with van der Waals surface area (Å²) < 4.78 is 17.3. The Labute approximate surface area is 186 Å². The Balaban J connectivity index is 1.71. The number of carbonyl (C=O) groups is 1. The summed E-state index contributed by atoms with van der Waals surface area (Å²) >= 11 is 13.7. The maximum Gasteiger partial charge on any atom is 0.264 e. The Hall–Kier alpha value is -2.48. The number of fused-ring (bicyclic) bond motifs is 1. The molecule has 0 aliphatic rings. The predicted molar refractivity (Wildman–Crippen MR) is 119 cm³/mol. The SMILES string of the molecule is Cc1c(Cl)ccc2sc(N(CCCn3ccnc3)C(=O)c3c(F)cccc3Cl)nc12. The second kappa shape index (κ2) is 8.71. The molecule has 0 aliphatic heterocycles. The van der Waals surface area contributed by atoms with Gasteiger partial charge >= 0.3 is 0 Å². The van der Waals surface area contributed by atoms with Crippen LogP contribution in [0.5, 0.6) is 0 Å². The molecule has 0 saturated heterocycles.